The molecule has 0 saturated carbocycles. The van der Waals surface area contributed by atoms with E-state index in [-0.39, 0.29) is 5.75 Å². The smallest absolute Gasteiger partial charge is 0.399 e. The summed E-state index contributed by atoms with van der Waals surface area (Å²) >= 11 is 0. The largest absolute Gasteiger partial charge is 0.497 e. The molecule has 0 aliphatic carbocycles. The molecule has 2 heterocycles. The Hall–Kier alpha value is -1.38. The number of aryl methyl sites for hydroxylation is 1. The van der Waals surface area contributed by atoms with Gasteiger partial charge in [-0.1, -0.05) is 18.2 Å². The Morgan fingerprint density at radius 3 is 2.29 bits per heavy atom. The molecule has 0 N–H and O–H groups in total. The Labute approximate surface area is 143 Å². The van der Waals surface area contributed by atoms with Crippen LogP contribution in [0.3, 0.4) is 0 Å². The van der Waals surface area contributed by atoms with Gasteiger partial charge in [-0.25, -0.2) is 8.42 Å². The van der Waals surface area contributed by atoms with Crippen molar-refractivity contribution in [2.75, 3.05) is 6.26 Å². The first-order chi connectivity index (χ1) is 10.9. The van der Waals surface area contributed by atoms with Crippen molar-refractivity contribution in [1.82, 2.24) is 9.78 Å². The van der Waals surface area contributed by atoms with Crippen molar-refractivity contribution >= 4 is 33.3 Å². The van der Waals surface area contributed by atoms with Crippen LogP contribution in [0.5, 0.6) is 0 Å². The van der Waals surface area contributed by atoms with E-state index in [9.17, 15) is 8.42 Å². The molecule has 24 heavy (non-hydrogen) atoms. The van der Waals surface area contributed by atoms with Crippen molar-refractivity contribution in [3.8, 4) is 0 Å². The minimum Gasteiger partial charge on any atom is -0.399 e. The van der Waals surface area contributed by atoms with Crippen molar-refractivity contribution in [2.24, 2.45) is 7.05 Å². The van der Waals surface area contributed by atoms with Gasteiger partial charge in [0.25, 0.3) is 0 Å². The van der Waals surface area contributed by atoms with E-state index in [2.05, 4.69) is 5.10 Å². The fourth-order valence-electron chi connectivity index (χ4n) is 2.96. The molecule has 130 valence electrons. The predicted octanol–water partition coefficient (Wildman–Crippen LogP) is 1.42. The van der Waals surface area contributed by atoms with Gasteiger partial charge >= 0.3 is 7.12 Å². The number of hydrogen-bond donors (Lipinski definition) is 0. The summed E-state index contributed by atoms with van der Waals surface area (Å²) in [6.07, 6.45) is 1.21. The van der Waals surface area contributed by atoms with E-state index >= 15 is 0 Å². The monoisotopic (exact) mass is 350 g/mol. The molecule has 1 aliphatic rings. The first kappa shape index (κ1) is 17.4. The number of aromatic nitrogens is 2. The molecule has 0 radical (unpaired) electrons. The van der Waals surface area contributed by atoms with E-state index in [1.807, 2.05) is 52.9 Å². The molecule has 8 heteroatoms. The summed E-state index contributed by atoms with van der Waals surface area (Å²) in [5.41, 5.74) is 1.38. The highest BCUT2D eigenvalue weighted by molar-refractivity contribution is 7.89. The third-order valence-corrected chi connectivity index (χ3v) is 5.68. The summed E-state index contributed by atoms with van der Waals surface area (Å²) in [6, 6.07) is 5.71. The Morgan fingerprint density at radius 1 is 1.17 bits per heavy atom. The second kappa shape index (κ2) is 5.31. The van der Waals surface area contributed by atoms with E-state index in [0.29, 0.717) is 5.69 Å². The second-order valence-electron chi connectivity index (χ2n) is 7.47. The third kappa shape index (κ3) is 2.87. The SMILES string of the molecule is Cn1nc(CS(C)(=O)=O)c2cccc(B3OC(C)(C)C(C)(C)O3)c21. The molecule has 1 aliphatic heterocycles. The zero-order valence-corrected chi connectivity index (χ0v) is 15.8. The van der Waals surface area contributed by atoms with Gasteiger partial charge < -0.3 is 9.31 Å². The van der Waals surface area contributed by atoms with Gasteiger partial charge in [0.05, 0.1) is 28.2 Å². The van der Waals surface area contributed by atoms with Crippen LogP contribution in [0.2, 0.25) is 0 Å². The number of rotatable bonds is 3. The topological polar surface area (TPSA) is 70.4 Å². The number of benzene rings is 1. The maximum absolute atomic E-state index is 11.7. The molecule has 0 bridgehead atoms. The molecule has 3 rings (SSSR count). The normalized spacial score (nSPS) is 20.0. The lowest BCUT2D eigenvalue weighted by molar-refractivity contribution is 0.00578. The van der Waals surface area contributed by atoms with Crippen molar-refractivity contribution in [3.05, 3.63) is 23.9 Å². The maximum Gasteiger partial charge on any atom is 0.497 e. The number of para-hydroxylation sites is 1. The van der Waals surface area contributed by atoms with Crippen molar-refractivity contribution in [2.45, 2.75) is 44.6 Å². The first-order valence-electron chi connectivity index (χ1n) is 7.89. The summed E-state index contributed by atoms with van der Waals surface area (Å²) in [5.74, 6) is -0.0862. The predicted molar refractivity (Wildman–Crippen MR) is 95.0 cm³/mol. The lowest BCUT2D eigenvalue weighted by Crippen LogP contribution is -2.41. The number of fused-ring (bicyclic) bond motifs is 1. The highest BCUT2D eigenvalue weighted by atomic mass is 32.2. The second-order valence-corrected chi connectivity index (χ2v) is 9.61. The molecule has 0 amide bonds. The molecule has 0 atom stereocenters. The minimum atomic E-state index is -3.16. The number of nitrogens with zero attached hydrogens (tertiary/aromatic N) is 2. The lowest BCUT2D eigenvalue weighted by Gasteiger charge is -2.32. The molecular weight excluding hydrogens is 327 g/mol. The van der Waals surface area contributed by atoms with E-state index in [4.69, 9.17) is 9.31 Å². The van der Waals surface area contributed by atoms with Crippen LogP contribution in [0, 0.1) is 0 Å². The van der Waals surface area contributed by atoms with E-state index in [1.54, 1.807) is 4.68 Å². The van der Waals surface area contributed by atoms with Crippen molar-refractivity contribution < 1.29 is 17.7 Å². The van der Waals surface area contributed by atoms with Crippen LogP contribution in [0.4, 0.5) is 0 Å². The van der Waals surface area contributed by atoms with Gasteiger partial charge in [-0.2, -0.15) is 5.10 Å². The van der Waals surface area contributed by atoms with Crippen LogP contribution in [-0.4, -0.2) is 42.8 Å². The molecule has 6 nitrogen and oxygen atoms in total. The van der Waals surface area contributed by atoms with Gasteiger partial charge in [0.1, 0.15) is 0 Å². The van der Waals surface area contributed by atoms with Crippen molar-refractivity contribution in [3.63, 3.8) is 0 Å². The fourth-order valence-corrected chi connectivity index (χ4v) is 3.67. The van der Waals surface area contributed by atoms with Crippen LogP contribution in [0.1, 0.15) is 33.4 Å². The van der Waals surface area contributed by atoms with Gasteiger partial charge in [0, 0.05) is 24.2 Å². The molecule has 0 unspecified atom stereocenters. The van der Waals surface area contributed by atoms with Gasteiger partial charge in [0.2, 0.25) is 0 Å². The average molecular weight is 350 g/mol. The molecule has 1 fully saturated rings. The molecule has 2 aromatic rings. The maximum atomic E-state index is 11.7. The van der Waals surface area contributed by atoms with Crippen LogP contribution < -0.4 is 5.46 Å². The Morgan fingerprint density at radius 2 is 1.75 bits per heavy atom. The van der Waals surface area contributed by atoms with Crippen LogP contribution in [0.15, 0.2) is 18.2 Å². The molecule has 1 aromatic heterocycles. The Kier molecular flexibility index (Phi) is 3.86. The summed E-state index contributed by atoms with van der Waals surface area (Å²) < 4.78 is 37.3. The third-order valence-electron chi connectivity index (χ3n) is 4.88. The number of sulfone groups is 1. The van der Waals surface area contributed by atoms with Crippen LogP contribution >= 0.6 is 0 Å². The van der Waals surface area contributed by atoms with E-state index in [0.717, 1.165) is 16.4 Å². The minimum absolute atomic E-state index is 0.0862. The molecule has 1 saturated heterocycles. The lowest BCUT2D eigenvalue weighted by atomic mass is 9.77. The molecule has 0 spiro atoms. The highest BCUT2D eigenvalue weighted by Gasteiger charge is 2.52. The molecule has 1 aromatic carbocycles. The summed E-state index contributed by atoms with van der Waals surface area (Å²) in [6.45, 7) is 8.02. The summed E-state index contributed by atoms with van der Waals surface area (Å²) in [4.78, 5) is 0. The van der Waals surface area contributed by atoms with Gasteiger partial charge in [-0.3, -0.25) is 4.68 Å². The Balaban J connectivity index is 2.11. The quantitative estimate of drug-likeness (QED) is 0.783. The van der Waals surface area contributed by atoms with Gasteiger partial charge in [-0.05, 0) is 27.7 Å². The van der Waals surface area contributed by atoms with Gasteiger partial charge in [0.15, 0.2) is 9.84 Å². The number of hydrogen-bond acceptors (Lipinski definition) is 5. The van der Waals surface area contributed by atoms with Crippen LogP contribution in [0.25, 0.3) is 10.9 Å². The first-order valence-corrected chi connectivity index (χ1v) is 9.95. The van der Waals surface area contributed by atoms with E-state index in [1.165, 1.54) is 6.26 Å². The van der Waals surface area contributed by atoms with Crippen LogP contribution in [-0.2, 0) is 31.9 Å². The van der Waals surface area contributed by atoms with Crippen molar-refractivity contribution in [1.29, 1.82) is 0 Å². The van der Waals surface area contributed by atoms with Gasteiger partial charge in [-0.15, -0.1) is 0 Å². The standard InChI is InChI=1S/C16H23BN2O4S/c1-15(2)16(3,4)23-17(22-15)12-9-7-8-11-13(10-24(6,20)21)18-19(5)14(11)12/h7-9H,10H2,1-6H3. The fraction of sp³-hybridized carbons (Fsp3) is 0.562. The highest BCUT2D eigenvalue weighted by Crippen LogP contribution is 2.37. The Bertz CT molecular complexity index is 886. The molecular formula is C16H23BN2O4S. The van der Waals surface area contributed by atoms with E-state index < -0.39 is 28.2 Å². The zero-order valence-electron chi connectivity index (χ0n) is 15.0. The summed E-state index contributed by atoms with van der Waals surface area (Å²) in [5, 5.41) is 5.22. The summed E-state index contributed by atoms with van der Waals surface area (Å²) in [7, 11) is -1.87. The average Bonchev–Trinajstić information content (AvgIpc) is 2.83. The zero-order chi connectivity index (χ0) is 17.9.